The fraction of sp³-hybridized carbons (Fsp3) is 0.533. The van der Waals surface area contributed by atoms with Crippen LogP contribution in [0.3, 0.4) is 0 Å². The van der Waals surface area contributed by atoms with E-state index in [9.17, 15) is 13.6 Å². The Labute approximate surface area is 125 Å². The van der Waals surface area contributed by atoms with E-state index >= 15 is 0 Å². The highest BCUT2D eigenvalue weighted by molar-refractivity contribution is 9.10. The van der Waals surface area contributed by atoms with Crippen molar-refractivity contribution in [3.05, 3.63) is 33.8 Å². The molecule has 0 spiro atoms. The van der Waals surface area contributed by atoms with Gasteiger partial charge in [0.15, 0.2) is 0 Å². The highest BCUT2D eigenvalue weighted by Crippen LogP contribution is 2.37. The van der Waals surface area contributed by atoms with Gasteiger partial charge in [-0.25, -0.2) is 8.78 Å². The molecule has 1 aromatic carbocycles. The smallest absolute Gasteiger partial charge is 0.144 e. The molecule has 0 amide bonds. The van der Waals surface area contributed by atoms with E-state index in [0.717, 1.165) is 32.1 Å². The minimum atomic E-state index is -0.693. The maximum atomic E-state index is 13.9. The summed E-state index contributed by atoms with van der Waals surface area (Å²) in [5, 5.41) is 0. The zero-order chi connectivity index (χ0) is 14.8. The summed E-state index contributed by atoms with van der Waals surface area (Å²) in [7, 11) is 0. The molecule has 2 nitrogen and oxygen atoms in total. The molecule has 0 aromatic heterocycles. The van der Waals surface area contributed by atoms with Gasteiger partial charge in [0, 0.05) is 23.9 Å². The van der Waals surface area contributed by atoms with Crippen LogP contribution in [0.25, 0.3) is 0 Å². The van der Waals surface area contributed by atoms with Crippen molar-refractivity contribution in [1.82, 2.24) is 0 Å². The molecule has 2 rings (SSSR count). The number of carbonyl (C=O) groups is 1. The third-order valence-corrected chi connectivity index (χ3v) is 4.88. The summed E-state index contributed by atoms with van der Waals surface area (Å²) in [5.74, 6) is -1.51. The summed E-state index contributed by atoms with van der Waals surface area (Å²) in [6, 6.07) is 2.48. The molecule has 20 heavy (non-hydrogen) atoms. The Bertz CT molecular complexity index is 513. The number of carbonyl (C=O) groups excluding carboxylic acids is 1. The van der Waals surface area contributed by atoms with Gasteiger partial charge in [0.25, 0.3) is 0 Å². The first kappa shape index (κ1) is 15.6. The summed E-state index contributed by atoms with van der Waals surface area (Å²) in [5.41, 5.74) is 5.02. The first-order chi connectivity index (χ1) is 9.50. The molecule has 0 saturated heterocycles. The van der Waals surface area contributed by atoms with Gasteiger partial charge in [0.1, 0.15) is 17.4 Å². The molecule has 110 valence electrons. The van der Waals surface area contributed by atoms with Crippen LogP contribution in [-0.4, -0.2) is 12.3 Å². The lowest BCUT2D eigenvalue weighted by atomic mass is 9.70. The van der Waals surface area contributed by atoms with Gasteiger partial charge in [-0.2, -0.15) is 0 Å². The van der Waals surface area contributed by atoms with E-state index in [0.29, 0.717) is 0 Å². The van der Waals surface area contributed by atoms with Gasteiger partial charge in [-0.05, 0) is 40.9 Å². The average molecular weight is 346 g/mol. The van der Waals surface area contributed by atoms with Crippen LogP contribution in [0.2, 0.25) is 0 Å². The highest BCUT2D eigenvalue weighted by Gasteiger charge is 2.38. The normalized spacial score (nSPS) is 18.0. The molecule has 0 atom stereocenters. The fourth-order valence-corrected chi connectivity index (χ4v) is 3.28. The molecule has 0 radical (unpaired) electrons. The number of nitrogens with two attached hydrogens (primary N) is 1. The molecule has 1 aromatic rings. The molecular formula is C15H18BrF2NO. The van der Waals surface area contributed by atoms with Crippen molar-refractivity contribution in [2.75, 3.05) is 6.54 Å². The van der Waals surface area contributed by atoms with Crippen molar-refractivity contribution in [3.8, 4) is 0 Å². The molecule has 1 aliphatic rings. The number of hydrogen-bond donors (Lipinski definition) is 1. The van der Waals surface area contributed by atoms with Crippen LogP contribution in [0.5, 0.6) is 0 Å². The van der Waals surface area contributed by atoms with Gasteiger partial charge in [-0.1, -0.05) is 19.3 Å². The van der Waals surface area contributed by atoms with Crippen LogP contribution in [-0.2, 0) is 11.2 Å². The SMILES string of the molecule is NCC1(C(=O)Cc2c(F)ccc(Br)c2F)CCCCC1. The summed E-state index contributed by atoms with van der Waals surface area (Å²) < 4.78 is 27.9. The molecule has 2 N–H and O–H groups in total. The number of halogens is 3. The number of hydrogen-bond acceptors (Lipinski definition) is 2. The second-order valence-electron chi connectivity index (χ2n) is 5.47. The second-order valence-corrected chi connectivity index (χ2v) is 6.32. The molecule has 0 unspecified atom stereocenters. The molecule has 1 fully saturated rings. The Morgan fingerprint density at radius 3 is 2.50 bits per heavy atom. The number of Topliss-reactive ketones (excluding diaryl/α,β-unsaturated/α-hetero) is 1. The molecule has 1 saturated carbocycles. The lowest BCUT2D eigenvalue weighted by Gasteiger charge is -2.34. The van der Waals surface area contributed by atoms with Crippen molar-refractivity contribution in [2.24, 2.45) is 11.1 Å². The Balaban J connectivity index is 2.25. The van der Waals surface area contributed by atoms with Crippen LogP contribution < -0.4 is 5.73 Å². The maximum absolute atomic E-state index is 13.9. The molecule has 0 aliphatic heterocycles. The van der Waals surface area contributed by atoms with Crippen molar-refractivity contribution in [2.45, 2.75) is 38.5 Å². The Kier molecular flexibility index (Phi) is 4.91. The Hall–Kier alpha value is -0.810. The quantitative estimate of drug-likeness (QED) is 0.844. The van der Waals surface area contributed by atoms with Gasteiger partial charge < -0.3 is 5.73 Å². The van der Waals surface area contributed by atoms with E-state index in [-0.39, 0.29) is 28.8 Å². The van der Waals surface area contributed by atoms with Crippen molar-refractivity contribution in [3.63, 3.8) is 0 Å². The Morgan fingerprint density at radius 1 is 1.25 bits per heavy atom. The minimum Gasteiger partial charge on any atom is -0.329 e. The van der Waals surface area contributed by atoms with E-state index in [1.165, 1.54) is 12.1 Å². The maximum Gasteiger partial charge on any atom is 0.144 e. The molecule has 5 heteroatoms. The summed E-state index contributed by atoms with van der Waals surface area (Å²) in [6.07, 6.45) is 4.21. The lowest BCUT2D eigenvalue weighted by Crippen LogP contribution is -2.41. The summed E-state index contributed by atoms with van der Waals surface area (Å²) in [6.45, 7) is 0.253. The van der Waals surface area contributed by atoms with Gasteiger partial charge in [0.2, 0.25) is 0 Å². The topological polar surface area (TPSA) is 43.1 Å². The first-order valence-electron chi connectivity index (χ1n) is 6.86. The van der Waals surface area contributed by atoms with Crippen LogP contribution >= 0.6 is 15.9 Å². The second kappa shape index (κ2) is 6.31. The number of benzene rings is 1. The van der Waals surface area contributed by atoms with E-state index in [1.807, 2.05) is 0 Å². The third kappa shape index (κ3) is 2.93. The number of ketones is 1. The summed E-state index contributed by atoms with van der Waals surface area (Å²) >= 11 is 3.02. The van der Waals surface area contributed by atoms with Crippen LogP contribution in [0.15, 0.2) is 16.6 Å². The highest BCUT2D eigenvalue weighted by atomic mass is 79.9. The van der Waals surface area contributed by atoms with E-state index in [4.69, 9.17) is 5.73 Å². The standard InChI is InChI=1S/C15H18BrF2NO/c16-11-4-5-12(17)10(14(11)18)8-13(20)15(9-19)6-2-1-3-7-15/h4-5H,1-3,6-9,19H2. The van der Waals surface area contributed by atoms with Crippen LogP contribution in [0.1, 0.15) is 37.7 Å². The predicted molar refractivity (Wildman–Crippen MR) is 77.3 cm³/mol. The Morgan fingerprint density at radius 2 is 1.90 bits per heavy atom. The largest absolute Gasteiger partial charge is 0.329 e. The number of rotatable bonds is 4. The van der Waals surface area contributed by atoms with E-state index in [2.05, 4.69) is 15.9 Å². The zero-order valence-corrected chi connectivity index (χ0v) is 12.8. The van der Waals surface area contributed by atoms with Gasteiger partial charge in [-0.15, -0.1) is 0 Å². The van der Waals surface area contributed by atoms with Crippen LogP contribution in [0.4, 0.5) is 8.78 Å². The fourth-order valence-electron chi connectivity index (χ4n) is 2.90. The van der Waals surface area contributed by atoms with Gasteiger partial charge >= 0.3 is 0 Å². The van der Waals surface area contributed by atoms with E-state index in [1.54, 1.807) is 0 Å². The van der Waals surface area contributed by atoms with Crippen molar-refractivity contribution < 1.29 is 13.6 Å². The monoisotopic (exact) mass is 345 g/mol. The predicted octanol–water partition coefficient (Wildman–Crippen LogP) is 3.75. The average Bonchev–Trinajstić information content (AvgIpc) is 2.48. The minimum absolute atomic E-state index is 0.143. The van der Waals surface area contributed by atoms with Crippen molar-refractivity contribution in [1.29, 1.82) is 0 Å². The van der Waals surface area contributed by atoms with Gasteiger partial charge in [-0.3, -0.25) is 4.79 Å². The molecular weight excluding hydrogens is 328 g/mol. The van der Waals surface area contributed by atoms with Gasteiger partial charge in [0.05, 0.1) is 4.47 Å². The zero-order valence-electron chi connectivity index (χ0n) is 11.2. The first-order valence-corrected chi connectivity index (χ1v) is 7.65. The van der Waals surface area contributed by atoms with Crippen LogP contribution in [0, 0.1) is 17.0 Å². The molecule has 0 heterocycles. The summed E-state index contributed by atoms with van der Waals surface area (Å²) in [4.78, 5) is 12.5. The molecule has 1 aliphatic carbocycles. The lowest BCUT2D eigenvalue weighted by molar-refractivity contribution is -0.129. The molecule has 0 bridgehead atoms. The van der Waals surface area contributed by atoms with E-state index < -0.39 is 17.0 Å². The third-order valence-electron chi connectivity index (χ3n) is 4.27. The van der Waals surface area contributed by atoms with Crippen molar-refractivity contribution >= 4 is 21.7 Å².